The molecule has 1 aromatic rings. The number of amides is 1. The largest absolute Gasteiger partial charge is 0.346 e. The van der Waals surface area contributed by atoms with E-state index in [9.17, 15) is 4.79 Å². The monoisotopic (exact) mass is 241 g/mol. The zero-order chi connectivity index (χ0) is 12.3. The van der Waals surface area contributed by atoms with Crippen LogP contribution in [-0.2, 0) is 11.2 Å². The van der Waals surface area contributed by atoms with E-state index in [1.165, 1.54) is 0 Å². The summed E-state index contributed by atoms with van der Waals surface area (Å²) in [5.74, 6) is -0.161. The van der Waals surface area contributed by atoms with Gasteiger partial charge in [0.05, 0.1) is 22.3 Å². The Bertz CT molecular complexity index is 368. The third-order valence-electron chi connectivity index (χ3n) is 2.25. The number of carbonyl (C=O) groups is 1. The van der Waals surface area contributed by atoms with Crippen LogP contribution in [0.15, 0.2) is 5.38 Å². The van der Waals surface area contributed by atoms with Gasteiger partial charge in [0.25, 0.3) is 0 Å². The number of hydrogen-bond donors (Lipinski definition) is 2. The zero-order valence-corrected chi connectivity index (χ0v) is 11.0. The molecule has 0 aliphatic heterocycles. The number of aryl methyl sites for hydroxylation is 1. The lowest BCUT2D eigenvalue weighted by Crippen LogP contribution is -2.49. The van der Waals surface area contributed by atoms with E-state index in [1.807, 2.05) is 12.3 Å². The first-order valence-electron chi connectivity index (χ1n) is 5.38. The van der Waals surface area contributed by atoms with Gasteiger partial charge in [0.2, 0.25) is 5.91 Å². The average Bonchev–Trinajstić information content (AvgIpc) is 2.64. The molecule has 1 atom stereocenters. The van der Waals surface area contributed by atoms with Gasteiger partial charge in [0.1, 0.15) is 0 Å². The van der Waals surface area contributed by atoms with E-state index in [0.717, 1.165) is 17.1 Å². The zero-order valence-electron chi connectivity index (χ0n) is 10.2. The molecule has 0 aromatic carbocycles. The van der Waals surface area contributed by atoms with Crippen molar-refractivity contribution in [3.8, 4) is 0 Å². The maximum atomic E-state index is 11.7. The normalized spacial score (nSPS) is 13.6. The highest BCUT2D eigenvalue weighted by molar-refractivity contribution is 7.09. The standard InChI is InChI=1S/C11H19N3OS/c1-5-9-14-8(6-16-9)7(2)13-10(15)11(3,4)12/h6-7H,5,12H2,1-4H3,(H,13,15). The van der Waals surface area contributed by atoms with Gasteiger partial charge >= 0.3 is 0 Å². The van der Waals surface area contributed by atoms with Crippen molar-refractivity contribution >= 4 is 17.2 Å². The van der Waals surface area contributed by atoms with Crippen LogP contribution in [-0.4, -0.2) is 16.4 Å². The second-order valence-electron chi connectivity index (χ2n) is 4.44. The topological polar surface area (TPSA) is 68.0 Å². The first-order valence-corrected chi connectivity index (χ1v) is 6.26. The number of thiazole rings is 1. The molecule has 5 heteroatoms. The highest BCUT2D eigenvalue weighted by Gasteiger charge is 2.24. The Kier molecular flexibility index (Phi) is 4.04. The minimum Gasteiger partial charge on any atom is -0.346 e. The van der Waals surface area contributed by atoms with E-state index in [-0.39, 0.29) is 11.9 Å². The maximum absolute atomic E-state index is 11.7. The molecule has 0 radical (unpaired) electrons. The maximum Gasteiger partial charge on any atom is 0.240 e. The van der Waals surface area contributed by atoms with Crippen molar-refractivity contribution in [3.05, 3.63) is 16.1 Å². The first kappa shape index (κ1) is 13.1. The van der Waals surface area contributed by atoms with Gasteiger partial charge in [-0.25, -0.2) is 4.98 Å². The van der Waals surface area contributed by atoms with E-state index >= 15 is 0 Å². The SMILES string of the molecule is CCc1nc(C(C)NC(=O)C(C)(C)N)cs1. The van der Waals surface area contributed by atoms with Crippen molar-refractivity contribution in [2.75, 3.05) is 0 Å². The van der Waals surface area contributed by atoms with Gasteiger partial charge in [0, 0.05) is 5.38 Å². The van der Waals surface area contributed by atoms with Crippen LogP contribution in [0.25, 0.3) is 0 Å². The number of nitrogens with two attached hydrogens (primary N) is 1. The lowest BCUT2D eigenvalue weighted by molar-refractivity contribution is -0.125. The third-order valence-corrected chi connectivity index (χ3v) is 3.26. The molecule has 0 spiro atoms. The van der Waals surface area contributed by atoms with Gasteiger partial charge in [0.15, 0.2) is 0 Å². The fourth-order valence-electron chi connectivity index (χ4n) is 1.14. The summed E-state index contributed by atoms with van der Waals surface area (Å²) in [6.45, 7) is 7.36. The molecule has 1 rings (SSSR count). The molecule has 0 saturated heterocycles. The van der Waals surface area contributed by atoms with Gasteiger partial charge in [-0.15, -0.1) is 11.3 Å². The third kappa shape index (κ3) is 3.28. The van der Waals surface area contributed by atoms with Gasteiger partial charge in [-0.1, -0.05) is 6.92 Å². The summed E-state index contributed by atoms with van der Waals surface area (Å²) >= 11 is 1.62. The van der Waals surface area contributed by atoms with Crippen LogP contribution in [0.5, 0.6) is 0 Å². The number of carbonyl (C=O) groups excluding carboxylic acids is 1. The number of hydrogen-bond acceptors (Lipinski definition) is 4. The number of aromatic nitrogens is 1. The molecule has 1 unspecified atom stereocenters. The summed E-state index contributed by atoms with van der Waals surface area (Å²) in [6, 6.07) is -0.0909. The Morgan fingerprint density at radius 1 is 1.69 bits per heavy atom. The van der Waals surface area contributed by atoms with Gasteiger partial charge in [-0.2, -0.15) is 0 Å². The molecular weight excluding hydrogens is 222 g/mol. The van der Waals surface area contributed by atoms with Crippen LogP contribution in [0.2, 0.25) is 0 Å². The molecular formula is C11H19N3OS. The summed E-state index contributed by atoms with van der Waals surface area (Å²) < 4.78 is 0. The molecule has 1 aromatic heterocycles. The Morgan fingerprint density at radius 3 is 2.75 bits per heavy atom. The van der Waals surface area contributed by atoms with E-state index in [4.69, 9.17) is 5.73 Å². The fraction of sp³-hybridized carbons (Fsp3) is 0.636. The van der Waals surface area contributed by atoms with E-state index in [1.54, 1.807) is 25.2 Å². The molecule has 0 fully saturated rings. The lowest BCUT2D eigenvalue weighted by atomic mass is 10.1. The van der Waals surface area contributed by atoms with Crippen LogP contribution in [0.3, 0.4) is 0 Å². The smallest absolute Gasteiger partial charge is 0.240 e. The lowest BCUT2D eigenvalue weighted by Gasteiger charge is -2.20. The van der Waals surface area contributed by atoms with Crippen molar-refractivity contribution in [3.63, 3.8) is 0 Å². The van der Waals surface area contributed by atoms with E-state index in [0.29, 0.717) is 0 Å². The molecule has 3 N–H and O–H groups in total. The average molecular weight is 241 g/mol. The van der Waals surface area contributed by atoms with E-state index < -0.39 is 5.54 Å². The second kappa shape index (κ2) is 4.93. The van der Waals surface area contributed by atoms with Crippen molar-refractivity contribution in [1.82, 2.24) is 10.3 Å². The molecule has 0 aliphatic rings. The number of rotatable bonds is 4. The Balaban J connectivity index is 2.65. The quantitative estimate of drug-likeness (QED) is 0.841. The fourth-order valence-corrected chi connectivity index (χ4v) is 1.98. The minimum atomic E-state index is -0.849. The van der Waals surface area contributed by atoms with Crippen LogP contribution in [0.1, 0.15) is 44.4 Å². The Hall–Kier alpha value is -0.940. The van der Waals surface area contributed by atoms with Crippen molar-refractivity contribution in [2.24, 2.45) is 5.73 Å². The molecule has 4 nitrogen and oxygen atoms in total. The van der Waals surface area contributed by atoms with Crippen molar-refractivity contribution in [2.45, 2.75) is 45.7 Å². The molecule has 0 aliphatic carbocycles. The van der Waals surface area contributed by atoms with Gasteiger partial charge < -0.3 is 11.1 Å². The highest BCUT2D eigenvalue weighted by Crippen LogP contribution is 2.17. The van der Waals surface area contributed by atoms with Crippen LogP contribution in [0, 0.1) is 0 Å². The molecule has 90 valence electrons. The minimum absolute atomic E-state index is 0.0909. The van der Waals surface area contributed by atoms with E-state index in [2.05, 4.69) is 17.2 Å². The van der Waals surface area contributed by atoms with Crippen molar-refractivity contribution < 1.29 is 4.79 Å². The first-order chi connectivity index (χ1) is 7.34. The molecule has 1 heterocycles. The summed E-state index contributed by atoms with van der Waals surface area (Å²) in [4.78, 5) is 16.1. The van der Waals surface area contributed by atoms with Crippen LogP contribution >= 0.6 is 11.3 Å². The molecule has 1 amide bonds. The van der Waals surface area contributed by atoms with Gasteiger partial charge in [-0.05, 0) is 27.2 Å². The highest BCUT2D eigenvalue weighted by atomic mass is 32.1. The summed E-state index contributed by atoms with van der Waals surface area (Å²) in [7, 11) is 0. The summed E-state index contributed by atoms with van der Waals surface area (Å²) in [6.07, 6.45) is 0.924. The number of nitrogens with zero attached hydrogens (tertiary/aromatic N) is 1. The van der Waals surface area contributed by atoms with Crippen LogP contribution in [0.4, 0.5) is 0 Å². The second-order valence-corrected chi connectivity index (χ2v) is 5.38. The van der Waals surface area contributed by atoms with Gasteiger partial charge in [-0.3, -0.25) is 4.79 Å². The summed E-state index contributed by atoms with van der Waals surface area (Å²) in [5.41, 5.74) is 5.76. The number of nitrogens with one attached hydrogen (secondary N) is 1. The predicted octanol–water partition coefficient (Wildman–Crippen LogP) is 1.62. The molecule has 0 bridgehead atoms. The molecule has 0 saturated carbocycles. The molecule has 16 heavy (non-hydrogen) atoms. The summed E-state index contributed by atoms with van der Waals surface area (Å²) in [5, 5.41) is 5.92. The Labute approximate surface area is 100 Å². The van der Waals surface area contributed by atoms with Crippen LogP contribution < -0.4 is 11.1 Å². The Morgan fingerprint density at radius 2 is 2.31 bits per heavy atom. The van der Waals surface area contributed by atoms with Crippen molar-refractivity contribution in [1.29, 1.82) is 0 Å². The predicted molar refractivity (Wildman–Crippen MR) is 66.3 cm³/mol.